The molecule has 0 bridgehead atoms. The Kier molecular flexibility index (Phi) is 7.13. The Balaban J connectivity index is 1.69. The van der Waals surface area contributed by atoms with Crippen LogP contribution < -0.4 is 5.73 Å². The second-order valence-corrected chi connectivity index (χ2v) is 6.50. The van der Waals surface area contributed by atoms with Crippen LogP contribution in [-0.4, -0.2) is 49.0 Å². The maximum Gasteiger partial charge on any atom is 0.0701 e. The molecule has 5 heteroatoms. The summed E-state index contributed by atoms with van der Waals surface area (Å²) in [6.07, 6.45) is 3.38. The largest absolute Gasteiger partial charge is 0.394 e. The number of halogens is 1. The fourth-order valence-electron chi connectivity index (χ4n) is 2.74. The predicted molar refractivity (Wildman–Crippen MR) is 88.2 cm³/mol. The van der Waals surface area contributed by atoms with Gasteiger partial charge in [-0.15, -0.1) is 0 Å². The van der Waals surface area contributed by atoms with Crippen molar-refractivity contribution in [1.29, 1.82) is 0 Å². The summed E-state index contributed by atoms with van der Waals surface area (Å²) in [5.41, 5.74) is 7.46. The number of hydrogen-bond donors (Lipinski definition) is 2. The van der Waals surface area contributed by atoms with E-state index >= 15 is 0 Å². The van der Waals surface area contributed by atoms with Crippen molar-refractivity contribution in [3.63, 3.8) is 0 Å². The summed E-state index contributed by atoms with van der Waals surface area (Å²) in [6, 6.07) is 8.33. The first-order valence-corrected chi connectivity index (χ1v) is 8.44. The van der Waals surface area contributed by atoms with Gasteiger partial charge in [0.25, 0.3) is 0 Å². The van der Waals surface area contributed by atoms with Crippen LogP contribution in [0, 0.1) is 0 Å². The van der Waals surface area contributed by atoms with Gasteiger partial charge in [-0.05, 0) is 43.5 Å². The van der Waals surface area contributed by atoms with Crippen LogP contribution in [0.3, 0.4) is 0 Å². The van der Waals surface area contributed by atoms with Gasteiger partial charge in [0.1, 0.15) is 0 Å². The number of ether oxygens (including phenoxy) is 1. The third-order valence-corrected chi connectivity index (χ3v) is 4.51. The molecule has 0 radical (unpaired) electrons. The highest BCUT2D eigenvalue weighted by Crippen LogP contribution is 2.20. The Bertz CT molecular complexity index is 422. The Morgan fingerprint density at radius 2 is 2.14 bits per heavy atom. The van der Waals surface area contributed by atoms with E-state index < -0.39 is 0 Å². The molecule has 1 unspecified atom stereocenters. The fraction of sp³-hybridized carbons (Fsp3) is 0.625. The number of aliphatic hydroxyl groups is 1. The minimum Gasteiger partial charge on any atom is -0.394 e. The minimum atomic E-state index is 0.0888. The second-order valence-electron chi connectivity index (χ2n) is 5.59. The SMILES string of the molecule is NC(CCN1CCC(OCCO)CC1)c1cccc(Br)c1. The molecule has 1 aromatic carbocycles. The zero-order chi connectivity index (χ0) is 15.1. The average molecular weight is 357 g/mol. The van der Waals surface area contributed by atoms with Crippen LogP contribution in [0.5, 0.6) is 0 Å². The maximum atomic E-state index is 8.77. The lowest BCUT2D eigenvalue weighted by atomic mass is 10.0. The highest BCUT2D eigenvalue weighted by molar-refractivity contribution is 9.10. The molecule has 1 aliphatic heterocycles. The molecule has 118 valence electrons. The standard InChI is InChI=1S/C16H25BrN2O2/c17-14-3-1-2-13(12-14)16(18)6-9-19-7-4-15(5-8-19)21-11-10-20/h1-3,12,15-16,20H,4-11,18H2. The Hall–Kier alpha value is -0.460. The summed E-state index contributed by atoms with van der Waals surface area (Å²) in [5, 5.41) is 8.77. The van der Waals surface area contributed by atoms with Crippen LogP contribution in [-0.2, 0) is 4.74 Å². The summed E-state index contributed by atoms with van der Waals surface area (Å²) >= 11 is 3.49. The molecule has 1 aromatic rings. The van der Waals surface area contributed by atoms with Gasteiger partial charge in [-0.3, -0.25) is 0 Å². The predicted octanol–water partition coefficient (Wildman–Crippen LogP) is 2.31. The van der Waals surface area contributed by atoms with Gasteiger partial charge >= 0.3 is 0 Å². The fourth-order valence-corrected chi connectivity index (χ4v) is 3.16. The number of rotatable bonds is 7. The number of piperidine rings is 1. The van der Waals surface area contributed by atoms with Crippen molar-refractivity contribution in [3.8, 4) is 0 Å². The van der Waals surface area contributed by atoms with E-state index in [1.165, 1.54) is 5.56 Å². The lowest BCUT2D eigenvalue weighted by Gasteiger charge is -2.32. The van der Waals surface area contributed by atoms with Crippen LogP contribution in [0.25, 0.3) is 0 Å². The summed E-state index contributed by atoms with van der Waals surface area (Å²) in [4.78, 5) is 2.46. The molecule has 1 aliphatic rings. The van der Waals surface area contributed by atoms with Gasteiger partial charge < -0.3 is 20.5 Å². The first kappa shape index (κ1) is 16.9. The van der Waals surface area contributed by atoms with E-state index in [-0.39, 0.29) is 12.6 Å². The normalized spacial score (nSPS) is 18.8. The van der Waals surface area contributed by atoms with Crippen LogP contribution in [0.2, 0.25) is 0 Å². The summed E-state index contributed by atoms with van der Waals surface area (Å²) in [6.45, 7) is 3.71. The molecule has 0 amide bonds. The van der Waals surface area contributed by atoms with E-state index in [1.54, 1.807) is 0 Å². The van der Waals surface area contributed by atoms with Gasteiger partial charge in [0, 0.05) is 23.6 Å². The number of aliphatic hydroxyl groups excluding tert-OH is 1. The first-order chi connectivity index (χ1) is 10.2. The quantitative estimate of drug-likeness (QED) is 0.786. The molecule has 0 aliphatic carbocycles. The molecule has 0 saturated carbocycles. The molecule has 21 heavy (non-hydrogen) atoms. The van der Waals surface area contributed by atoms with Crippen molar-refractivity contribution in [2.24, 2.45) is 5.73 Å². The first-order valence-electron chi connectivity index (χ1n) is 7.65. The highest BCUT2D eigenvalue weighted by Gasteiger charge is 2.20. The van der Waals surface area contributed by atoms with Crippen molar-refractivity contribution in [2.75, 3.05) is 32.8 Å². The van der Waals surface area contributed by atoms with E-state index in [4.69, 9.17) is 15.6 Å². The van der Waals surface area contributed by atoms with Crippen LogP contribution in [0.15, 0.2) is 28.7 Å². The molecule has 1 atom stereocenters. The summed E-state index contributed by atoms with van der Waals surface area (Å²) in [5.74, 6) is 0. The number of hydrogen-bond acceptors (Lipinski definition) is 4. The van der Waals surface area contributed by atoms with Crippen molar-refractivity contribution < 1.29 is 9.84 Å². The van der Waals surface area contributed by atoms with Gasteiger partial charge in [0.05, 0.1) is 19.3 Å². The van der Waals surface area contributed by atoms with Gasteiger partial charge in [-0.2, -0.15) is 0 Å². The molecule has 1 heterocycles. The summed E-state index contributed by atoms with van der Waals surface area (Å²) in [7, 11) is 0. The van der Waals surface area contributed by atoms with Gasteiger partial charge in [0.2, 0.25) is 0 Å². The van der Waals surface area contributed by atoms with Crippen LogP contribution in [0.4, 0.5) is 0 Å². The van der Waals surface area contributed by atoms with E-state index in [1.807, 2.05) is 12.1 Å². The molecule has 0 aromatic heterocycles. The third-order valence-electron chi connectivity index (χ3n) is 4.01. The Labute approximate surface area is 135 Å². The number of nitrogens with zero attached hydrogens (tertiary/aromatic N) is 1. The van der Waals surface area contributed by atoms with Gasteiger partial charge in [0.15, 0.2) is 0 Å². The lowest BCUT2D eigenvalue weighted by molar-refractivity contribution is -0.00802. The molecule has 1 fully saturated rings. The molecule has 1 saturated heterocycles. The Morgan fingerprint density at radius 3 is 2.81 bits per heavy atom. The van der Waals surface area contributed by atoms with Crippen LogP contribution in [0.1, 0.15) is 30.9 Å². The zero-order valence-corrected chi connectivity index (χ0v) is 14.0. The Morgan fingerprint density at radius 1 is 1.38 bits per heavy atom. The number of likely N-dealkylation sites (tertiary alicyclic amines) is 1. The monoisotopic (exact) mass is 356 g/mol. The van der Waals surface area contributed by atoms with Crippen molar-refractivity contribution in [2.45, 2.75) is 31.4 Å². The van der Waals surface area contributed by atoms with Gasteiger partial charge in [-0.25, -0.2) is 0 Å². The second kappa shape index (κ2) is 8.86. The molecular formula is C16H25BrN2O2. The maximum absolute atomic E-state index is 8.77. The molecule has 2 rings (SSSR count). The molecule has 4 nitrogen and oxygen atoms in total. The third kappa shape index (κ3) is 5.68. The van der Waals surface area contributed by atoms with E-state index in [0.717, 1.165) is 43.4 Å². The number of nitrogens with two attached hydrogens (primary N) is 1. The zero-order valence-electron chi connectivity index (χ0n) is 12.4. The van der Waals surface area contributed by atoms with Crippen molar-refractivity contribution in [3.05, 3.63) is 34.3 Å². The number of benzene rings is 1. The molecular weight excluding hydrogens is 332 g/mol. The van der Waals surface area contributed by atoms with Crippen LogP contribution >= 0.6 is 15.9 Å². The lowest BCUT2D eigenvalue weighted by Crippen LogP contribution is -2.38. The smallest absolute Gasteiger partial charge is 0.0701 e. The molecule has 0 spiro atoms. The summed E-state index contributed by atoms with van der Waals surface area (Å²) < 4.78 is 6.66. The average Bonchev–Trinajstić information content (AvgIpc) is 2.51. The van der Waals surface area contributed by atoms with Crippen molar-refractivity contribution in [1.82, 2.24) is 4.90 Å². The van der Waals surface area contributed by atoms with E-state index in [0.29, 0.717) is 12.7 Å². The van der Waals surface area contributed by atoms with Gasteiger partial charge in [-0.1, -0.05) is 28.1 Å². The minimum absolute atomic E-state index is 0.0888. The topological polar surface area (TPSA) is 58.7 Å². The molecule has 3 N–H and O–H groups in total. The highest BCUT2D eigenvalue weighted by atomic mass is 79.9. The van der Waals surface area contributed by atoms with Crippen molar-refractivity contribution >= 4 is 15.9 Å². The van der Waals surface area contributed by atoms with E-state index in [2.05, 4.69) is 33.0 Å². The van der Waals surface area contributed by atoms with E-state index in [9.17, 15) is 0 Å².